The number of benzene rings is 1. The van der Waals surface area contributed by atoms with Gasteiger partial charge >= 0.3 is 0 Å². The molecule has 1 saturated heterocycles. The molecule has 2 aliphatic heterocycles. The Balaban J connectivity index is 1.40. The summed E-state index contributed by atoms with van der Waals surface area (Å²) >= 11 is 1.61. The van der Waals surface area contributed by atoms with Crippen LogP contribution in [0.15, 0.2) is 52.9 Å². The van der Waals surface area contributed by atoms with Gasteiger partial charge in [-0.15, -0.1) is 11.3 Å². The van der Waals surface area contributed by atoms with Gasteiger partial charge in [0.15, 0.2) is 0 Å². The van der Waals surface area contributed by atoms with Gasteiger partial charge in [0, 0.05) is 12.6 Å². The summed E-state index contributed by atoms with van der Waals surface area (Å²) < 4.78 is 3.07. The van der Waals surface area contributed by atoms with Gasteiger partial charge < -0.3 is 9.88 Å². The van der Waals surface area contributed by atoms with Crippen LogP contribution in [0.25, 0.3) is 10.2 Å². The fourth-order valence-corrected chi connectivity index (χ4v) is 5.50. The van der Waals surface area contributed by atoms with E-state index in [2.05, 4.69) is 22.2 Å². The highest BCUT2D eigenvalue weighted by Crippen LogP contribution is 2.28. The van der Waals surface area contributed by atoms with Crippen molar-refractivity contribution in [3.05, 3.63) is 59.1 Å². The number of amides is 2. The Kier molecular flexibility index (Phi) is 5.80. The molecule has 2 aromatic heterocycles. The van der Waals surface area contributed by atoms with Crippen LogP contribution in [0.5, 0.6) is 0 Å². The molecule has 0 radical (unpaired) electrons. The van der Waals surface area contributed by atoms with Gasteiger partial charge in [-0.3, -0.25) is 14.5 Å². The van der Waals surface area contributed by atoms with Crippen LogP contribution in [-0.2, 0) is 11.3 Å². The molecule has 2 amide bonds. The second-order valence-corrected chi connectivity index (χ2v) is 9.24. The first-order chi connectivity index (χ1) is 15.6. The van der Waals surface area contributed by atoms with Crippen molar-refractivity contribution in [2.45, 2.75) is 32.4 Å². The summed E-state index contributed by atoms with van der Waals surface area (Å²) in [6.07, 6.45) is 2.26. The van der Waals surface area contributed by atoms with Crippen LogP contribution in [-0.4, -0.2) is 64.2 Å². The molecule has 1 unspecified atom stereocenters. The molecule has 0 aliphatic carbocycles. The molecule has 1 N–H and O–H groups in total. The SMILES string of the molecule is CCN1CCCC1CNC(=O)CN1N=C(c2ccccc2)Cn2c(cc3sccc32)C1=O. The molecule has 0 spiro atoms. The highest BCUT2D eigenvalue weighted by molar-refractivity contribution is 7.17. The van der Waals surface area contributed by atoms with E-state index in [1.54, 1.807) is 11.3 Å². The number of hydrogen-bond donors (Lipinski definition) is 1. The highest BCUT2D eigenvalue weighted by atomic mass is 32.1. The predicted molar refractivity (Wildman–Crippen MR) is 127 cm³/mol. The van der Waals surface area contributed by atoms with Crippen molar-refractivity contribution in [2.24, 2.45) is 5.10 Å². The Morgan fingerprint density at radius 3 is 2.91 bits per heavy atom. The lowest BCUT2D eigenvalue weighted by Gasteiger charge is -2.23. The Morgan fingerprint density at radius 2 is 2.09 bits per heavy atom. The Bertz CT molecular complexity index is 1170. The molecule has 32 heavy (non-hydrogen) atoms. The maximum absolute atomic E-state index is 13.4. The molecule has 8 heteroatoms. The van der Waals surface area contributed by atoms with E-state index < -0.39 is 0 Å². The first-order valence-corrected chi connectivity index (χ1v) is 12.0. The van der Waals surface area contributed by atoms with Crippen molar-refractivity contribution in [3.63, 3.8) is 0 Å². The lowest BCUT2D eigenvalue weighted by molar-refractivity contribution is -0.122. The number of hydrazone groups is 1. The summed E-state index contributed by atoms with van der Waals surface area (Å²) in [7, 11) is 0. The van der Waals surface area contributed by atoms with Crippen LogP contribution >= 0.6 is 11.3 Å². The zero-order valence-electron chi connectivity index (χ0n) is 18.2. The van der Waals surface area contributed by atoms with Crippen LogP contribution in [0.1, 0.15) is 35.8 Å². The van der Waals surface area contributed by atoms with Gasteiger partial charge in [-0.2, -0.15) is 5.10 Å². The van der Waals surface area contributed by atoms with E-state index in [1.165, 1.54) is 5.01 Å². The van der Waals surface area contributed by atoms with Crippen molar-refractivity contribution in [3.8, 4) is 0 Å². The summed E-state index contributed by atoms with van der Waals surface area (Å²) in [6.45, 7) is 5.22. The molecule has 3 aromatic rings. The minimum Gasteiger partial charge on any atom is -0.353 e. The molecule has 4 heterocycles. The van der Waals surface area contributed by atoms with E-state index in [4.69, 9.17) is 0 Å². The zero-order chi connectivity index (χ0) is 22.1. The third-order valence-corrected chi connectivity index (χ3v) is 7.22. The number of nitrogens with zero attached hydrogens (tertiary/aromatic N) is 4. The number of nitrogens with one attached hydrogen (secondary N) is 1. The van der Waals surface area contributed by atoms with Crippen molar-refractivity contribution in [1.82, 2.24) is 19.8 Å². The number of likely N-dealkylation sites (tertiary alicyclic amines) is 1. The second kappa shape index (κ2) is 8.88. The largest absolute Gasteiger partial charge is 0.353 e. The van der Waals surface area contributed by atoms with E-state index in [9.17, 15) is 9.59 Å². The van der Waals surface area contributed by atoms with Gasteiger partial charge in [0.25, 0.3) is 5.91 Å². The molecule has 5 rings (SSSR count). The van der Waals surface area contributed by atoms with Gasteiger partial charge in [-0.1, -0.05) is 37.3 Å². The Labute approximate surface area is 191 Å². The predicted octanol–water partition coefficient (Wildman–Crippen LogP) is 3.16. The molecular formula is C24H27N5O2S. The Hall–Kier alpha value is -2.97. The minimum atomic E-state index is -0.245. The van der Waals surface area contributed by atoms with E-state index in [0.717, 1.165) is 47.4 Å². The van der Waals surface area contributed by atoms with Crippen molar-refractivity contribution in [2.75, 3.05) is 26.2 Å². The monoisotopic (exact) mass is 449 g/mol. The summed E-state index contributed by atoms with van der Waals surface area (Å²) in [5.74, 6) is -0.426. The minimum absolute atomic E-state index is 0.0904. The first-order valence-electron chi connectivity index (χ1n) is 11.2. The van der Waals surface area contributed by atoms with Gasteiger partial charge in [0.1, 0.15) is 12.2 Å². The maximum atomic E-state index is 13.4. The fraction of sp³-hybridized carbons (Fsp3) is 0.375. The van der Waals surface area contributed by atoms with Crippen LogP contribution in [0.3, 0.4) is 0 Å². The maximum Gasteiger partial charge on any atom is 0.291 e. The fourth-order valence-electron chi connectivity index (χ4n) is 4.68. The average molecular weight is 450 g/mol. The smallest absolute Gasteiger partial charge is 0.291 e. The van der Waals surface area contributed by atoms with Gasteiger partial charge in [-0.25, -0.2) is 5.01 Å². The molecule has 0 bridgehead atoms. The molecule has 1 aromatic carbocycles. The van der Waals surface area contributed by atoms with Crippen LogP contribution in [0, 0.1) is 0 Å². The molecular weight excluding hydrogens is 422 g/mol. The third-order valence-electron chi connectivity index (χ3n) is 6.37. The lowest BCUT2D eigenvalue weighted by Crippen LogP contribution is -2.44. The summed E-state index contributed by atoms with van der Waals surface area (Å²) in [4.78, 5) is 28.6. The number of fused-ring (bicyclic) bond motifs is 3. The third kappa shape index (κ3) is 3.96. The van der Waals surface area contributed by atoms with Crippen LogP contribution < -0.4 is 5.32 Å². The molecule has 2 aliphatic rings. The topological polar surface area (TPSA) is 69.9 Å². The quantitative estimate of drug-likeness (QED) is 0.629. The summed E-state index contributed by atoms with van der Waals surface area (Å²) in [5.41, 5.74) is 3.30. The van der Waals surface area contributed by atoms with Crippen molar-refractivity contribution >= 4 is 39.1 Å². The molecule has 1 fully saturated rings. The highest BCUT2D eigenvalue weighted by Gasteiger charge is 2.29. The van der Waals surface area contributed by atoms with Gasteiger partial charge in [0.05, 0.1) is 22.5 Å². The summed E-state index contributed by atoms with van der Waals surface area (Å²) in [6, 6.07) is 14.2. The number of rotatable bonds is 6. The molecule has 166 valence electrons. The summed E-state index contributed by atoms with van der Waals surface area (Å²) in [5, 5.41) is 11.1. The zero-order valence-corrected chi connectivity index (χ0v) is 19.0. The number of likely N-dealkylation sites (N-methyl/N-ethyl adjacent to an activating group) is 1. The standard InChI is InChI=1S/C24H27N5O2S/c1-2-27-11-6-9-18(27)14-25-23(30)16-29-24(31)21-13-22-20(10-12-32-22)28(21)15-19(26-29)17-7-4-3-5-8-17/h3-5,7-8,10,12-13,18H,2,6,9,11,14-16H2,1H3,(H,25,30). The number of thiophene rings is 1. The van der Waals surface area contributed by atoms with E-state index >= 15 is 0 Å². The molecule has 1 atom stereocenters. The van der Waals surface area contributed by atoms with Crippen LogP contribution in [0.4, 0.5) is 0 Å². The van der Waals surface area contributed by atoms with Crippen molar-refractivity contribution < 1.29 is 9.59 Å². The van der Waals surface area contributed by atoms with E-state index in [1.807, 2.05) is 52.4 Å². The number of hydrogen-bond acceptors (Lipinski definition) is 5. The van der Waals surface area contributed by atoms with Crippen molar-refractivity contribution in [1.29, 1.82) is 0 Å². The van der Waals surface area contributed by atoms with Gasteiger partial charge in [-0.05, 0) is 49.0 Å². The second-order valence-electron chi connectivity index (χ2n) is 8.29. The first kappa shape index (κ1) is 20.9. The Morgan fingerprint density at radius 1 is 1.25 bits per heavy atom. The molecule has 7 nitrogen and oxygen atoms in total. The molecule has 0 saturated carbocycles. The van der Waals surface area contributed by atoms with Crippen LogP contribution in [0.2, 0.25) is 0 Å². The average Bonchev–Trinajstić information content (AvgIpc) is 3.52. The number of aromatic nitrogens is 1. The normalized spacial score (nSPS) is 19.2. The lowest BCUT2D eigenvalue weighted by atomic mass is 10.1. The van der Waals surface area contributed by atoms with Gasteiger partial charge in [0.2, 0.25) is 5.91 Å². The number of carbonyl (C=O) groups excluding carboxylic acids is 2. The van der Waals surface area contributed by atoms with E-state index in [0.29, 0.717) is 24.8 Å². The number of carbonyl (C=O) groups is 2. The van der Waals surface area contributed by atoms with E-state index in [-0.39, 0.29) is 18.4 Å².